The van der Waals surface area contributed by atoms with Crippen LogP contribution in [-0.4, -0.2) is 45.9 Å². The minimum Gasteiger partial charge on any atom is -0.493 e. The van der Waals surface area contributed by atoms with Crippen molar-refractivity contribution >= 4 is 18.0 Å². The first-order chi connectivity index (χ1) is 16.6. The van der Waals surface area contributed by atoms with Crippen LogP contribution in [0.3, 0.4) is 0 Å². The molecule has 8 nitrogen and oxygen atoms in total. The maximum atomic E-state index is 12.0. The normalized spacial score (nSPS) is 10.8. The third kappa shape index (κ3) is 11.9. The van der Waals surface area contributed by atoms with Crippen molar-refractivity contribution in [1.29, 1.82) is 0 Å². The third-order valence-corrected chi connectivity index (χ3v) is 5.58. The summed E-state index contributed by atoms with van der Waals surface area (Å²) in [6, 6.07) is 3.46. The first-order valence-electron chi connectivity index (χ1n) is 12.4. The van der Waals surface area contributed by atoms with Gasteiger partial charge < -0.3 is 19.5 Å². The van der Waals surface area contributed by atoms with E-state index in [1.54, 1.807) is 12.1 Å². The zero-order valence-corrected chi connectivity index (χ0v) is 21.4. The topological polar surface area (TPSA) is 98.3 Å². The molecule has 0 radical (unpaired) electrons. The average Bonchev–Trinajstić information content (AvgIpc) is 2.85. The van der Waals surface area contributed by atoms with Crippen LogP contribution in [0.25, 0.3) is 0 Å². The Morgan fingerprint density at radius 1 is 0.794 bits per heavy atom. The minimum absolute atomic E-state index is 0.114. The van der Waals surface area contributed by atoms with Crippen LogP contribution in [-0.2, 0) is 9.59 Å². The second-order valence-electron chi connectivity index (χ2n) is 8.28. The molecule has 0 heterocycles. The number of amides is 2. The van der Waals surface area contributed by atoms with Crippen molar-refractivity contribution in [3.05, 3.63) is 17.7 Å². The monoisotopic (exact) mass is 477 g/mol. The molecule has 0 saturated heterocycles. The average molecular weight is 478 g/mol. The molecule has 2 N–H and O–H groups in total. The van der Waals surface area contributed by atoms with E-state index >= 15 is 0 Å². The maximum Gasteiger partial charge on any atom is 0.259 e. The number of hydrazone groups is 1. The Morgan fingerprint density at radius 2 is 1.38 bits per heavy atom. The number of hydrogen-bond donors (Lipinski definition) is 2. The van der Waals surface area contributed by atoms with Crippen LogP contribution in [0, 0.1) is 0 Å². The molecule has 0 aliphatic rings. The second-order valence-corrected chi connectivity index (χ2v) is 8.28. The van der Waals surface area contributed by atoms with Gasteiger partial charge in [-0.2, -0.15) is 5.10 Å². The van der Waals surface area contributed by atoms with Gasteiger partial charge in [-0.05, 0) is 18.6 Å². The van der Waals surface area contributed by atoms with Crippen LogP contribution < -0.4 is 25.0 Å². The van der Waals surface area contributed by atoms with Gasteiger partial charge in [-0.15, -0.1) is 0 Å². The highest BCUT2D eigenvalue weighted by atomic mass is 16.5. The van der Waals surface area contributed by atoms with Crippen LogP contribution in [0.1, 0.15) is 89.5 Å². The molecule has 34 heavy (non-hydrogen) atoms. The fourth-order valence-electron chi connectivity index (χ4n) is 3.66. The zero-order chi connectivity index (χ0) is 25.0. The number of hydrogen-bond acceptors (Lipinski definition) is 6. The summed E-state index contributed by atoms with van der Waals surface area (Å²) in [7, 11) is 4.57. The molecule has 8 heteroatoms. The molecule has 2 amide bonds. The number of carbonyl (C=O) groups excluding carboxylic acids is 2. The summed E-state index contributed by atoms with van der Waals surface area (Å²) >= 11 is 0. The van der Waals surface area contributed by atoms with Crippen molar-refractivity contribution < 1.29 is 23.8 Å². The summed E-state index contributed by atoms with van der Waals surface area (Å²) in [4.78, 5) is 23.9. The third-order valence-electron chi connectivity index (χ3n) is 5.58. The minimum atomic E-state index is -0.400. The quantitative estimate of drug-likeness (QED) is 0.166. The van der Waals surface area contributed by atoms with E-state index in [0.29, 0.717) is 29.2 Å². The van der Waals surface area contributed by atoms with Crippen molar-refractivity contribution in [3.63, 3.8) is 0 Å². The standard InChI is InChI=1S/C26H43N3O5/c1-5-6-7-8-9-10-11-12-13-14-15-16-23(30)27-20-24(31)29-28-19-21-17-18-22(32-2)26(34-4)25(21)33-3/h17-19H,5-16,20H2,1-4H3,(H,27,30)(H,29,31). The highest BCUT2D eigenvalue weighted by molar-refractivity contribution is 5.88. The molecular weight excluding hydrogens is 434 g/mol. The van der Waals surface area contributed by atoms with Crippen LogP contribution in [0.5, 0.6) is 17.2 Å². The van der Waals surface area contributed by atoms with Gasteiger partial charge in [-0.1, -0.05) is 71.1 Å². The summed E-state index contributed by atoms with van der Waals surface area (Å²) < 4.78 is 15.9. The van der Waals surface area contributed by atoms with Gasteiger partial charge in [0.15, 0.2) is 11.5 Å². The largest absolute Gasteiger partial charge is 0.493 e. The molecule has 0 spiro atoms. The lowest BCUT2D eigenvalue weighted by atomic mass is 10.1. The molecular formula is C26H43N3O5. The SMILES string of the molecule is CCCCCCCCCCCCCC(=O)NCC(=O)NN=Cc1ccc(OC)c(OC)c1OC. The number of nitrogens with zero attached hydrogens (tertiary/aromatic N) is 1. The van der Waals surface area contributed by atoms with E-state index in [2.05, 4.69) is 22.8 Å². The number of methoxy groups -OCH3 is 3. The Balaban J connectivity index is 2.19. The lowest BCUT2D eigenvalue weighted by molar-refractivity contribution is -0.126. The van der Waals surface area contributed by atoms with Crippen LogP contribution in [0.4, 0.5) is 0 Å². The molecule has 0 aromatic heterocycles. The molecule has 0 aliphatic heterocycles. The first kappa shape index (κ1) is 29.3. The predicted molar refractivity (Wildman–Crippen MR) is 136 cm³/mol. The fraction of sp³-hybridized carbons (Fsp3) is 0.654. The van der Waals surface area contributed by atoms with Gasteiger partial charge in [0, 0.05) is 12.0 Å². The Bertz CT molecular complexity index is 752. The van der Waals surface area contributed by atoms with Gasteiger partial charge in [-0.25, -0.2) is 5.43 Å². The smallest absolute Gasteiger partial charge is 0.259 e. The van der Waals surface area contributed by atoms with Crippen LogP contribution in [0.2, 0.25) is 0 Å². The zero-order valence-electron chi connectivity index (χ0n) is 21.4. The van der Waals surface area contributed by atoms with E-state index < -0.39 is 5.91 Å². The van der Waals surface area contributed by atoms with E-state index in [0.717, 1.165) is 19.3 Å². The summed E-state index contributed by atoms with van der Waals surface area (Å²) in [5.41, 5.74) is 3.02. The number of ether oxygens (including phenoxy) is 3. The van der Waals surface area contributed by atoms with E-state index in [9.17, 15) is 9.59 Å². The van der Waals surface area contributed by atoms with Gasteiger partial charge >= 0.3 is 0 Å². The highest BCUT2D eigenvalue weighted by Crippen LogP contribution is 2.38. The van der Waals surface area contributed by atoms with Gasteiger partial charge in [-0.3, -0.25) is 9.59 Å². The Hall–Kier alpha value is -2.77. The van der Waals surface area contributed by atoms with E-state index in [1.165, 1.54) is 78.9 Å². The number of unbranched alkanes of at least 4 members (excludes halogenated alkanes) is 10. The van der Waals surface area contributed by atoms with Crippen molar-refractivity contribution in [3.8, 4) is 17.2 Å². The van der Waals surface area contributed by atoms with Crippen molar-refractivity contribution in [2.45, 2.75) is 84.0 Å². The molecule has 0 saturated carbocycles. The number of carbonyl (C=O) groups is 2. The van der Waals surface area contributed by atoms with Gasteiger partial charge in [0.25, 0.3) is 5.91 Å². The van der Waals surface area contributed by atoms with E-state index in [1.807, 2.05) is 0 Å². The summed E-state index contributed by atoms with van der Waals surface area (Å²) in [6.07, 6.45) is 15.5. The first-order valence-corrected chi connectivity index (χ1v) is 12.4. The molecule has 1 aromatic rings. The van der Waals surface area contributed by atoms with Crippen molar-refractivity contribution in [2.24, 2.45) is 5.10 Å². The lowest BCUT2D eigenvalue weighted by Gasteiger charge is -2.13. The van der Waals surface area contributed by atoms with Gasteiger partial charge in [0.2, 0.25) is 11.7 Å². The Labute approximate surface area is 204 Å². The Morgan fingerprint density at radius 3 is 1.94 bits per heavy atom. The van der Waals surface area contributed by atoms with Crippen LogP contribution >= 0.6 is 0 Å². The van der Waals surface area contributed by atoms with Gasteiger partial charge in [0.1, 0.15) is 0 Å². The molecule has 0 bridgehead atoms. The molecule has 0 atom stereocenters. The summed E-state index contributed by atoms with van der Waals surface area (Å²) in [6.45, 7) is 2.13. The maximum absolute atomic E-state index is 12.0. The summed E-state index contributed by atoms with van der Waals surface area (Å²) in [5.74, 6) is 0.899. The highest BCUT2D eigenvalue weighted by Gasteiger charge is 2.14. The van der Waals surface area contributed by atoms with Crippen molar-refractivity contribution in [2.75, 3.05) is 27.9 Å². The molecule has 0 unspecified atom stereocenters. The van der Waals surface area contributed by atoms with E-state index in [-0.39, 0.29) is 12.5 Å². The number of benzene rings is 1. The predicted octanol–water partition coefficient (Wildman–Crippen LogP) is 4.98. The number of nitrogens with one attached hydrogen (secondary N) is 2. The molecule has 1 rings (SSSR count). The van der Waals surface area contributed by atoms with Crippen molar-refractivity contribution in [1.82, 2.24) is 10.7 Å². The lowest BCUT2D eigenvalue weighted by Crippen LogP contribution is -2.34. The van der Waals surface area contributed by atoms with Gasteiger partial charge in [0.05, 0.1) is 34.1 Å². The summed E-state index contributed by atoms with van der Waals surface area (Å²) in [5, 5.41) is 6.57. The van der Waals surface area contributed by atoms with Crippen LogP contribution in [0.15, 0.2) is 17.2 Å². The van der Waals surface area contributed by atoms with E-state index in [4.69, 9.17) is 14.2 Å². The molecule has 0 fully saturated rings. The molecule has 192 valence electrons. The second kappa shape index (κ2) is 18.6. The fourth-order valence-corrected chi connectivity index (χ4v) is 3.66. The Kier molecular flexibility index (Phi) is 16.0. The molecule has 0 aliphatic carbocycles. The molecule has 1 aromatic carbocycles. The number of rotatable bonds is 19.